The highest BCUT2D eigenvalue weighted by Crippen LogP contribution is 2.26. The standard InChI is InChI=1S/C16H33N/c1-4-10-16(11-5-2)17-14(3)15-12-8-6-7-9-13-15/h14-17H,4-13H2,1-3H3/t14-/m1/s1. The molecule has 1 fully saturated rings. The van der Waals surface area contributed by atoms with Crippen molar-refractivity contribution in [2.45, 2.75) is 97.1 Å². The summed E-state index contributed by atoms with van der Waals surface area (Å²) in [7, 11) is 0. The zero-order valence-corrected chi connectivity index (χ0v) is 12.3. The minimum atomic E-state index is 0.733. The fourth-order valence-corrected chi connectivity index (χ4v) is 3.33. The molecule has 0 spiro atoms. The third kappa shape index (κ3) is 5.90. The lowest BCUT2D eigenvalue weighted by molar-refractivity contribution is 0.293. The van der Waals surface area contributed by atoms with E-state index in [-0.39, 0.29) is 0 Å². The first kappa shape index (κ1) is 15.0. The van der Waals surface area contributed by atoms with Gasteiger partial charge in [0.15, 0.2) is 0 Å². The maximum Gasteiger partial charge on any atom is 0.00695 e. The molecule has 0 aromatic heterocycles. The predicted molar refractivity (Wildman–Crippen MR) is 77.4 cm³/mol. The van der Waals surface area contributed by atoms with E-state index in [1.165, 1.54) is 64.2 Å². The van der Waals surface area contributed by atoms with Gasteiger partial charge in [0.2, 0.25) is 0 Å². The van der Waals surface area contributed by atoms with Gasteiger partial charge in [-0.05, 0) is 38.5 Å². The first-order chi connectivity index (χ1) is 8.27. The molecule has 1 atom stereocenters. The van der Waals surface area contributed by atoms with Crippen molar-refractivity contribution in [2.24, 2.45) is 5.92 Å². The summed E-state index contributed by atoms with van der Waals surface area (Å²) in [6, 6.07) is 1.50. The van der Waals surface area contributed by atoms with Crippen molar-refractivity contribution in [1.82, 2.24) is 5.32 Å². The Morgan fingerprint density at radius 2 is 1.47 bits per heavy atom. The fourth-order valence-electron chi connectivity index (χ4n) is 3.33. The Kier molecular flexibility index (Phi) is 7.92. The van der Waals surface area contributed by atoms with Gasteiger partial charge in [-0.1, -0.05) is 52.4 Å². The monoisotopic (exact) mass is 239 g/mol. The highest BCUT2D eigenvalue weighted by molar-refractivity contribution is 4.78. The van der Waals surface area contributed by atoms with Crippen molar-refractivity contribution < 1.29 is 0 Å². The van der Waals surface area contributed by atoms with Crippen LogP contribution >= 0.6 is 0 Å². The molecule has 1 nitrogen and oxygen atoms in total. The van der Waals surface area contributed by atoms with Gasteiger partial charge in [0.05, 0.1) is 0 Å². The van der Waals surface area contributed by atoms with Gasteiger partial charge in [0.25, 0.3) is 0 Å². The molecular formula is C16H33N. The van der Waals surface area contributed by atoms with E-state index in [0.29, 0.717) is 0 Å². The van der Waals surface area contributed by atoms with Gasteiger partial charge in [0.1, 0.15) is 0 Å². The molecule has 0 aromatic carbocycles. The third-order valence-electron chi connectivity index (χ3n) is 4.38. The van der Waals surface area contributed by atoms with Gasteiger partial charge in [-0.25, -0.2) is 0 Å². The lowest BCUT2D eigenvalue weighted by atomic mass is 9.91. The van der Waals surface area contributed by atoms with Gasteiger partial charge in [0, 0.05) is 12.1 Å². The summed E-state index contributed by atoms with van der Waals surface area (Å²) in [5.74, 6) is 0.939. The minimum absolute atomic E-state index is 0.733. The first-order valence-corrected chi connectivity index (χ1v) is 8.04. The van der Waals surface area contributed by atoms with Crippen LogP contribution in [0.5, 0.6) is 0 Å². The van der Waals surface area contributed by atoms with Crippen LogP contribution in [-0.4, -0.2) is 12.1 Å². The fraction of sp³-hybridized carbons (Fsp3) is 1.00. The molecule has 0 radical (unpaired) electrons. The van der Waals surface area contributed by atoms with Crippen molar-refractivity contribution in [3.8, 4) is 0 Å². The van der Waals surface area contributed by atoms with Crippen molar-refractivity contribution in [2.75, 3.05) is 0 Å². The summed E-state index contributed by atoms with van der Waals surface area (Å²) >= 11 is 0. The van der Waals surface area contributed by atoms with Crippen molar-refractivity contribution in [3.63, 3.8) is 0 Å². The molecule has 0 saturated heterocycles. The summed E-state index contributed by atoms with van der Waals surface area (Å²) in [5.41, 5.74) is 0. The molecule has 1 heteroatoms. The van der Waals surface area contributed by atoms with E-state index in [2.05, 4.69) is 26.1 Å². The van der Waals surface area contributed by atoms with Gasteiger partial charge in [-0.3, -0.25) is 0 Å². The second-order valence-corrected chi connectivity index (χ2v) is 5.98. The van der Waals surface area contributed by atoms with E-state index in [4.69, 9.17) is 0 Å². The Morgan fingerprint density at radius 3 is 1.94 bits per heavy atom. The molecule has 1 aliphatic rings. The van der Waals surface area contributed by atoms with Crippen LogP contribution in [0.3, 0.4) is 0 Å². The largest absolute Gasteiger partial charge is 0.311 e. The molecule has 0 unspecified atom stereocenters. The van der Waals surface area contributed by atoms with Gasteiger partial charge >= 0.3 is 0 Å². The van der Waals surface area contributed by atoms with Crippen LogP contribution in [0.15, 0.2) is 0 Å². The Hall–Kier alpha value is -0.0400. The zero-order valence-electron chi connectivity index (χ0n) is 12.3. The molecule has 1 rings (SSSR count). The number of hydrogen-bond donors (Lipinski definition) is 1. The smallest absolute Gasteiger partial charge is 0.00695 e. The van der Waals surface area contributed by atoms with Crippen molar-refractivity contribution >= 4 is 0 Å². The SMILES string of the molecule is CCCC(CCC)N[C@H](C)C1CCCCCC1. The Bertz CT molecular complexity index is 164. The van der Waals surface area contributed by atoms with Gasteiger partial charge in [-0.2, -0.15) is 0 Å². The molecule has 0 heterocycles. The molecule has 0 aromatic rings. The van der Waals surface area contributed by atoms with Crippen LogP contribution < -0.4 is 5.32 Å². The van der Waals surface area contributed by atoms with Crippen molar-refractivity contribution in [1.29, 1.82) is 0 Å². The molecule has 0 bridgehead atoms. The second-order valence-electron chi connectivity index (χ2n) is 5.98. The summed E-state index contributed by atoms with van der Waals surface area (Å²) in [6.45, 7) is 7.04. The first-order valence-electron chi connectivity index (χ1n) is 8.04. The molecule has 1 N–H and O–H groups in total. The van der Waals surface area contributed by atoms with E-state index in [1.54, 1.807) is 0 Å². The van der Waals surface area contributed by atoms with E-state index < -0.39 is 0 Å². The quantitative estimate of drug-likeness (QED) is 0.623. The van der Waals surface area contributed by atoms with E-state index in [9.17, 15) is 0 Å². The molecule has 1 saturated carbocycles. The van der Waals surface area contributed by atoms with E-state index in [1.807, 2.05) is 0 Å². The summed E-state index contributed by atoms with van der Waals surface area (Å²) in [5, 5.41) is 3.92. The zero-order chi connectivity index (χ0) is 12.5. The van der Waals surface area contributed by atoms with Crippen LogP contribution in [0.25, 0.3) is 0 Å². The maximum absolute atomic E-state index is 3.92. The Morgan fingerprint density at radius 1 is 0.941 bits per heavy atom. The Labute approximate surface area is 109 Å². The van der Waals surface area contributed by atoms with Crippen LogP contribution in [0.1, 0.15) is 85.0 Å². The molecule has 102 valence electrons. The maximum atomic E-state index is 3.92. The molecule has 1 aliphatic carbocycles. The summed E-state index contributed by atoms with van der Waals surface area (Å²) in [6.07, 6.45) is 14.1. The molecule has 17 heavy (non-hydrogen) atoms. The average molecular weight is 239 g/mol. The topological polar surface area (TPSA) is 12.0 Å². The summed E-state index contributed by atoms with van der Waals surface area (Å²) in [4.78, 5) is 0. The lowest BCUT2D eigenvalue weighted by Crippen LogP contribution is -2.40. The van der Waals surface area contributed by atoms with Crippen molar-refractivity contribution in [3.05, 3.63) is 0 Å². The van der Waals surface area contributed by atoms with Gasteiger partial charge in [-0.15, -0.1) is 0 Å². The average Bonchev–Trinajstić information content (AvgIpc) is 2.58. The van der Waals surface area contributed by atoms with E-state index in [0.717, 1.165) is 18.0 Å². The second kappa shape index (κ2) is 8.97. The molecular weight excluding hydrogens is 206 g/mol. The lowest BCUT2D eigenvalue weighted by Gasteiger charge is -2.28. The third-order valence-corrected chi connectivity index (χ3v) is 4.38. The van der Waals surface area contributed by atoms with Crippen LogP contribution in [0, 0.1) is 5.92 Å². The van der Waals surface area contributed by atoms with Crippen LogP contribution in [0.2, 0.25) is 0 Å². The number of rotatable bonds is 7. The highest BCUT2D eigenvalue weighted by atomic mass is 14.9. The molecule has 0 amide bonds. The normalized spacial score (nSPS) is 20.5. The summed E-state index contributed by atoms with van der Waals surface area (Å²) < 4.78 is 0. The highest BCUT2D eigenvalue weighted by Gasteiger charge is 2.20. The van der Waals surface area contributed by atoms with E-state index >= 15 is 0 Å². The minimum Gasteiger partial charge on any atom is -0.311 e. The molecule has 0 aliphatic heterocycles. The Balaban J connectivity index is 2.35. The number of hydrogen-bond acceptors (Lipinski definition) is 1. The number of nitrogens with one attached hydrogen (secondary N) is 1. The van der Waals surface area contributed by atoms with Crippen LogP contribution in [-0.2, 0) is 0 Å². The van der Waals surface area contributed by atoms with Crippen LogP contribution in [0.4, 0.5) is 0 Å². The predicted octanol–water partition coefficient (Wildman–Crippen LogP) is 4.90. The van der Waals surface area contributed by atoms with Gasteiger partial charge < -0.3 is 5.32 Å².